The molecule has 1 unspecified atom stereocenters. The summed E-state index contributed by atoms with van der Waals surface area (Å²) in [5, 5.41) is 5.91. The van der Waals surface area contributed by atoms with Gasteiger partial charge in [-0.2, -0.15) is 0 Å². The number of carbonyl (C=O) groups is 1. The second-order valence-corrected chi connectivity index (χ2v) is 3.54. The van der Waals surface area contributed by atoms with Crippen molar-refractivity contribution in [3.63, 3.8) is 0 Å². The van der Waals surface area contributed by atoms with Crippen molar-refractivity contribution in [1.82, 2.24) is 15.5 Å². The van der Waals surface area contributed by atoms with Gasteiger partial charge in [0.1, 0.15) is 0 Å². The van der Waals surface area contributed by atoms with Crippen LogP contribution in [0.2, 0.25) is 0 Å². The Morgan fingerprint density at radius 2 is 2.57 bits per heavy atom. The van der Waals surface area contributed by atoms with Gasteiger partial charge < -0.3 is 10.6 Å². The number of rotatable bonds is 4. The number of hydrogen-bond donors (Lipinski definition) is 2. The van der Waals surface area contributed by atoms with Gasteiger partial charge in [-0.05, 0) is 20.0 Å². The van der Waals surface area contributed by atoms with Gasteiger partial charge in [-0.25, -0.2) is 0 Å². The van der Waals surface area contributed by atoms with E-state index in [1.54, 1.807) is 0 Å². The Labute approximate surface area is 85.0 Å². The molecule has 0 saturated carbocycles. The SMILES string of the molecule is C#CCNC(=O)CN(C)C1CCNC1. The summed E-state index contributed by atoms with van der Waals surface area (Å²) >= 11 is 0. The Morgan fingerprint density at radius 3 is 3.14 bits per heavy atom. The molecule has 1 aliphatic rings. The van der Waals surface area contributed by atoms with Gasteiger partial charge >= 0.3 is 0 Å². The van der Waals surface area contributed by atoms with Gasteiger partial charge in [-0.15, -0.1) is 6.42 Å². The Hall–Kier alpha value is -1.05. The lowest BCUT2D eigenvalue weighted by Crippen LogP contribution is -2.41. The van der Waals surface area contributed by atoms with Crippen molar-refractivity contribution < 1.29 is 4.79 Å². The summed E-state index contributed by atoms with van der Waals surface area (Å²) in [6.45, 7) is 2.75. The van der Waals surface area contributed by atoms with Crippen LogP contribution in [0.1, 0.15) is 6.42 Å². The maximum absolute atomic E-state index is 11.3. The van der Waals surface area contributed by atoms with Crippen LogP contribution in [-0.4, -0.2) is 50.1 Å². The highest BCUT2D eigenvalue weighted by atomic mass is 16.2. The first kappa shape index (κ1) is 11.0. The molecule has 14 heavy (non-hydrogen) atoms. The molecule has 4 heteroatoms. The van der Waals surface area contributed by atoms with Gasteiger partial charge in [0, 0.05) is 12.6 Å². The quantitative estimate of drug-likeness (QED) is 0.567. The van der Waals surface area contributed by atoms with Crippen molar-refractivity contribution >= 4 is 5.91 Å². The van der Waals surface area contributed by atoms with Crippen molar-refractivity contribution in [1.29, 1.82) is 0 Å². The van der Waals surface area contributed by atoms with Crippen LogP contribution >= 0.6 is 0 Å². The second-order valence-electron chi connectivity index (χ2n) is 3.54. The number of likely N-dealkylation sites (N-methyl/N-ethyl adjacent to an activating group) is 1. The van der Waals surface area contributed by atoms with Crippen LogP contribution in [0.15, 0.2) is 0 Å². The average Bonchev–Trinajstić information content (AvgIpc) is 2.67. The van der Waals surface area contributed by atoms with Crippen molar-refractivity contribution in [3.05, 3.63) is 0 Å². The third-order valence-corrected chi connectivity index (χ3v) is 2.44. The van der Waals surface area contributed by atoms with Crippen molar-refractivity contribution in [2.75, 3.05) is 33.2 Å². The molecule has 1 rings (SSSR count). The first-order chi connectivity index (χ1) is 6.74. The highest BCUT2D eigenvalue weighted by Crippen LogP contribution is 2.04. The van der Waals surface area contributed by atoms with E-state index >= 15 is 0 Å². The monoisotopic (exact) mass is 195 g/mol. The number of nitrogens with zero attached hydrogens (tertiary/aromatic N) is 1. The van der Waals surface area contributed by atoms with Gasteiger partial charge in [0.2, 0.25) is 5.91 Å². The van der Waals surface area contributed by atoms with Crippen LogP contribution in [0.3, 0.4) is 0 Å². The van der Waals surface area contributed by atoms with Crippen LogP contribution in [0.4, 0.5) is 0 Å². The third kappa shape index (κ3) is 3.36. The number of amides is 1. The summed E-state index contributed by atoms with van der Waals surface area (Å²) in [5.74, 6) is 2.38. The second kappa shape index (κ2) is 5.63. The van der Waals surface area contributed by atoms with Gasteiger partial charge in [0.25, 0.3) is 0 Å². The van der Waals surface area contributed by atoms with Crippen molar-refractivity contribution in [2.24, 2.45) is 0 Å². The summed E-state index contributed by atoms with van der Waals surface area (Å²) in [4.78, 5) is 13.4. The Kier molecular flexibility index (Phi) is 4.44. The molecular formula is C10H17N3O. The predicted octanol–water partition coefficient (Wildman–Crippen LogP) is -0.970. The van der Waals surface area contributed by atoms with E-state index in [1.807, 2.05) is 7.05 Å². The van der Waals surface area contributed by atoms with E-state index in [-0.39, 0.29) is 5.91 Å². The van der Waals surface area contributed by atoms with Crippen LogP contribution in [-0.2, 0) is 4.79 Å². The van der Waals surface area contributed by atoms with Crippen LogP contribution in [0.25, 0.3) is 0 Å². The van der Waals surface area contributed by atoms with E-state index in [9.17, 15) is 4.79 Å². The predicted molar refractivity (Wildman–Crippen MR) is 55.7 cm³/mol. The smallest absolute Gasteiger partial charge is 0.234 e. The van der Waals surface area contributed by atoms with E-state index in [0.717, 1.165) is 19.5 Å². The molecule has 2 N–H and O–H groups in total. The van der Waals surface area contributed by atoms with Crippen LogP contribution < -0.4 is 10.6 Å². The summed E-state index contributed by atoms with van der Waals surface area (Å²) in [6.07, 6.45) is 6.15. The minimum atomic E-state index is -0.00245. The van der Waals surface area contributed by atoms with E-state index < -0.39 is 0 Å². The molecule has 0 aliphatic carbocycles. The molecule has 0 aromatic carbocycles. The van der Waals surface area contributed by atoms with Gasteiger partial charge in [0.15, 0.2) is 0 Å². The first-order valence-electron chi connectivity index (χ1n) is 4.85. The zero-order valence-electron chi connectivity index (χ0n) is 8.55. The molecule has 1 atom stereocenters. The first-order valence-corrected chi connectivity index (χ1v) is 4.85. The number of carbonyl (C=O) groups excluding carboxylic acids is 1. The molecular weight excluding hydrogens is 178 g/mol. The van der Waals surface area contributed by atoms with E-state index in [4.69, 9.17) is 6.42 Å². The minimum Gasteiger partial charge on any atom is -0.344 e. The highest BCUT2D eigenvalue weighted by Gasteiger charge is 2.20. The molecule has 1 aliphatic heterocycles. The highest BCUT2D eigenvalue weighted by molar-refractivity contribution is 5.78. The van der Waals surface area contributed by atoms with E-state index in [1.165, 1.54) is 0 Å². The summed E-state index contributed by atoms with van der Waals surface area (Å²) in [5.41, 5.74) is 0. The topological polar surface area (TPSA) is 44.4 Å². The zero-order chi connectivity index (χ0) is 10.4. The number of nitrogens with one attached hydrogen (secondary N) is 2. The van der Waals surface area contributed by atoms with Gasteiger partial charge in [-0.1, -0.05) is 5.92 Å². The lowest BCUT2D eigenvalue weighted by Gasteiger charge is -2.22. The molecule has 0 aromatic rings. The maximum atomic E-state index is 11.3. The minimum absolute atomic E-state index is 0.00245. The molecule has 0 bridgehead atoms. The Morgan fingerprint density at radius 1 is 1.79 bits per heavy atom. The Balaban J connectivity index is 2.22. The Bertz CT molecular complexity index is 228. The average molecular weight is 195 g/mol. The molecule has 78 valence electrons. The molecule has 0 radical (unpaired) electrons. The number of hydrogen-bond acceptors (Lipinski definition) is 3. The van der Waals surface area contributed by atoms with Crippen LogP contribution in [0.5, 0.6) is 0 Å². The molecule has 0 spiro atoms. The van der Waals surface area contributed by atoms with Crippen molar-refractivity contribution in [2.45, 2.75) is 12.5 Å². The summed E-state index contributed by atoms with van der Waals surface area (Å²) < 4.78 is 0. The van der Waals surface area contributed by atoms with Gasteiger partial charge in [0.05, 0.1) is 13.1 Å². The summed E-state index contributed by atoms with van der Waals surface area (Å²) in [7, 11) is 1.97. The van der Waals surface area contributed by atoms with E-state index in [0.29, 0.717) is 19.1 Å². The van der Waals surface area contributed by atoms with E-state index in [2.05, 4.69) is 21.5 Å². The normalized spacial score (nSPS) is 20.8. The fourth-order valence-electron chi connectivity index (χ4n) is 1.58. The number of terminal acetylenes is 1. The molecule has 1 saturated heterocycles. The molecule has 1 heterocycles. The molecule has 1 fully saturated rings. The lowest BCUT2D eigenvalue weighted by atomic mass is 10.2. The maximum Gasteiger partial charge on any atom is 0.234 e. The van der Waals surface area contributed by atoms with Crippen molar-refractivity contribution in [3.8, 4) is 12.3 Å². The zero-order valence-corrected chi connectivity index (χ0v) is 8.55. The fraction of sp³-hybridized carbons (Fsp3) is 0.700. The lowest BCUT2D eigenvalue weighted by molar-refractivity contribution is -0.122. The van der Waals surface area contributed by atoms with Gasteiger partial charge in [-0.3, -0.25) is 9.69 Å². The molecule has 0 aromatic heterocycles. The fourth-order valence-corrected chi connectivity index (χ4v) is 1.58. The third-order valence-electron chi connectivity index (χ3n) is 2.44. The largest absolute Gasteiger partial charge is 0.344 e. The van der Waals surface area contributed by atoms with Crippen LogP contribution in [0, 0.1) is 12.3 Å². The molecule has 4 nitrogen and oxygen atoms in total. The molecule has 1 amide bonds. The standard InChI is InChI=1S/C10H17N3O/c1-3-5-12-10(14)8-13(2)9-4-6-11-7-9/h1,9,11H,4-8H2,2H3,(H,12,14). The summed E-state index contributed by atoms with van der Waals surface area (Å²) in [6, 6.07) is 0.478.